The van der Waals surface area contributed by atoms with Crippen molar-refractivity contribution in [1.82, 2.24) is 0 Å². The predicted octanol–water partition coefficient (Wildman–Crippen LogP) is 4.97. The summed E-state index contributed by atoms with van der Waals surface area (Å²) in [6.07, 6.45) is 5.63. The van der Waals surface area contributed by atoms with Gasteiger partial charge in [-0.15, -0.1) is 0 Å². The minimum absolute atomic E-state index is 0.705. The maximum Gasteiger partial charge on any atom is -0.0194 e. The van der Waals surface area contributed by atoms with Crippen molar-refractivity contribution in [3.05, 3.63) is 23.3 Å². The Bertz CT molecular complexity index is 161. The van der Waals surface area contributed by atoms with Crippen LogP contribution in [0, 0.1) is 5.92 Å². The summed E-state index contributed by atoms with van der Waals surface area (Å²) in [5, 5.41) is 0. The number of rotatable bonds is 3. The largest absolute Gasteiger partial charge is 0.0844 e. The monoisotopic (exact) mass is 182 g/mol. The highest BCUT2D eigenvalue weighted by Crippen LogP contribution is 2.21. The third-order valence-corrected chi connectivity index (χ3v) is 2.34. The molecule has 0 rings (SSSR count). The second kappa shape index (κ2) is 9.57. The standard InChI is InChI=1S/C11H20.C2H6/c1-6-9(4)11(8-3)10(5)7-2;1-2/h6,8,10H,7H2,1-5H3;1-2H3/b9-6-,11-8+;. The minimum Gasteiger partial charge on any atom is -0.0844 e. The zero-order valence-electron chi connectivity index (χ0n) is 10.4. The first-order chi connectivity index (χ1) is 6.17. The maximum absolute atomic E-state index is 2.28. The summed E-state index contributed by atoms with van der Waals surface area (Å²) >= 11 is 0. The zero-order valence-corrected chi connectivity index (χ0v) is 10.4. The first kappa shape index (κ1) is 15.0. The first-order valence-corrected chi connectivity index (χ1v) is 5.46. The Hall–Kier alpha value is -0.520. The average Bonchev–Trinajstić information content (AvgIpc) is 2.21. The molecular weight excluding hydrogens is 156 g/mol. The topological polar surface area (TPSA) is 0 Å². The molecule has 0 saturated heterocycles. The summed E-state index contributed by atoms with van der Waals surface area (Å²) < 4.78 is 0. The van der Waals surface area contributed by atoms with Crippen LogP contribution < -0.4 is 0 Å². The van der Waals surface area contributed by atoms with Crippen LogP contribution in [-0.4, -0.2) is 0 Å². The van der Waals surface area contributed by atoms with Gasteiger partial charge in [-0.05, 0) is 38.7 Å². The van der Waals surface area contributed by atoms with Gasteiger partial charge >= 0.3 is 0 Å². The molecule has 78 valence electrons. The van der Waals surface area contributed by atoms with E-state index >= 15 is 0 Å². The van der Waals surface area contributed by atoms with Crippen molar-refractivity contribution in [2.24, 2.45) is 5.92 Å². The van der Waals surface area contributed by atoms with Crippen molar-refractivity contribution >= 4 is 0 Å². The van der Waals surface area contributed by atoms with Gasteiger partial charge < -0.3 is 0 Å². The molecule has 13 heavy (non-hydrogen) atoms. The van der Waals surface area contributed by atoms with Gasteiger partial charge in [0.1, 0.15) is 0 Å². The molecule has 1 atom stereocenters. The lowest BCUT2D eigenvalue weighted by molar-refractivity contribution is 0.660. The SMILES string of the molecule is C/C=C(C)\C(=C/C)C(C)CC.CC. The third kappa shape index (κ3) is 5.68. The van der Waals surface area contributed by atoms with E-state index in [-0.39, 0.29) is 0 Å². The normalized spacial score (nSPS) is 14.7. The maximum atomic E-state index is 2.28. The third-order valence-electron chi connectivity index (χ3n) is 2.34. The number of hydrogen-bond acceptors (Lipinski definition) is 0. The quantitative estimate of drug-likeness (QED) is 0.540. The van der Waals surface area contributed by atoms with Gasteiger partial charge in [0, 0.05) is 0 Å². The summed E-state index contributed by atoms with van der Waals surface area (Å²) in [6.45, 7) is 14.9. The molecule has 0 aromatic carbocycles. The lowest BCUT2D eigenvalue weighted by atomic mass is 9.92. The number of allylic oxidation sites excluding steroid dienone is 4. The summed E-state index contributed by atoms with van der Waals surface area (Å²) in [6, 6.07) is 0. The molecule has 0 spiro atoms. The molecule has 0 radical (unpaired) electrons. The summed E-state index contributed by atoms with van der Waals surface area (Å²) in [5.74, 6) is 0.705. The zero-order chi connectivity index (χ0) is 10.9. The molecule has 0 bridgehead atoms. The van der Waals surface area contributed by atoms with Crippen LogP contribution in [0.5, 0.6) is 0 Å². The van der Waals surface area contributed by atoms with Crippen LogP contribution in [0.25, 0.3) is 0 Å². The van der Waals surface area contributed by atoms with Gasteiger partial charge in [0.05, 0.1) is 0 Å². The van der Waals surface area contributed by atoms with Gasteiger partial charge in [-0.3, -0.25) is 0 Å². The van der Waals surface area contributed by atoms with Crippen molar-refractivity contribution in [2.45, 2.75) is 54.9 Å². The lowest BCUT2D eigenvalue weighted by Gasteiger charge is -2.13. The van der Waals surface area contributed by atoms with E-state index in [9.17, 15) is 0 Å². The van der Waals surface area contributed by atoms with E-state index in [1.807, 2.05) is 13.8 Å². The molecule has 0 aromatic rings. The van der Waals surface area contributed by atoms with Crippen LogP contribution in [-0.2, 0) is 0 Å². The Morgan fingerprint density at radius 2 is 1.62 bits per heavy atom. The molecule has 0 fully saturated rings. The van der Waals surface area contributed by atoms with E-state index in [0.29, 0.717) is 5.92 Å². The molecule has 0 aliphatic heterocycles. The van der Waals surface area contributed by atoms with Gasteiger partial charge in [-0.1, -0.05) is 45.4 Å². The van der Waals surface area contributed by atoms with Crippen LogP contribution >= 0.6 is 0 Å². The first-order valence-electron chi connectivity index (χ1n) is 5.46. The van der Waals surface area contributed by atoms with Gasteiger partial charge in [0.2, 0.25) is 0 Å². The van der Waals surface area contributed by atoms with Crippen molar-refractivity contribution in [1.29, 1.82) is 0 Å². The fourth-order valence-electron chi connectivity index (χ4n) is 1.29. The molecule has 0 saturated carbocycles. The molecule has 0 aliphatic rings. The van der Waals surface area contributed by atoms with Crippen LogP contribution in [0.2, 0.25) is 0 Å². The van der Waals surface area contributed by atoms with Crippen LogP contribution in [0.4, 0.5) is 0 Å². The molecule has 0 amide bonds. The highest BCUT2D eigenvalue weighted by molar-refractivity contribution is 5.29. The average molecular weight is 182 g/mol. The second-order valence-corrected chi connectivity index (χ2v) is 3.03. The highest BCUT2D eigenvalue weighted by atomic mass is 14.1. The summed E-state index contributed by atoms with van der Waals surface area (Å²) in [5.41, 5.74) is 2.91. The van der Waals surface area contributed by atoms with E-state index in [0.717, 1.165) is 0 Å². The van der Waals surface area contributed by atoms with E-state index in [4.69, 9.17) is 0 Å². The molecular formula is C13H26. The van der Waals surface area contributed by atoms with E-state index < -0.39 is 0 Å². The van der Waals surface area contributed by atoms with Gasteiger partial charge in [0.25, 0.3) is 0 Å². The van der Waals surface area contributed by atoms with Gasteiger partial charge in [0.15, 0.2) is 0 Å². The molecule has 0 nitrogen and oxygen atoms in total. The van der Waals surface area contributed by atoms with Crippen molar-refractivity contribution in [3.63, 3.8) is 0 Å². The summed E-state index contributed by atoms with van der Waals surface area (Å²) in [7, 11) is 0. The fraction of sp³-hybridized carbons (Fsp3) is 0.692. The lowest BCUT2D eigenvalue weighted by Crippen LogP contribution is -1.98. The van der Waals surface area contributed by atoms with Crippen LogP contribution in [0.1, 0.15) is 54.9 Å². The predicted molar refractivity (Wildman–Crippen MR) is 64.0 cm³/mol. The molecule has 0 heterocycles. The molecule has 0 N–H and O–H groups in total. The van der Waals surface area contributed by atoms with Gasteiger partial charge in [-0.25, -0.2) is 0 Å². The Morgan fingerprint density at radius 3 is 1.85 bits per heavy atom. The molecule has 0 heteroatoms. The van der Waals surface area contributed by atoms with Crippen molar-refractivity contribution in [3.8, 4) is 0 Å². The van der Waals surface area contributed by atoms with Crippen molar-refractivity contribution < 1.29 is 0 Å². The Labute approximate surface area is 84.7 Å². The summed E-state index contributed by atoms with van der Waals surface area (Å²) in [4.78, 5) is 0. The highest BCUT2D eigenvalue weighted by Gasteiger charge is 2.05. The van der Waals surface area contributed by atoms with E-state index in [1.165, 1.54) is 17.6 Å². The second-order valence-electron chi connectivity index (χ2n) is 3.03. The van der Waals surface area contributed by atoms with Gasteiger partial charge in [-0.2, -0.15) is 0 Å². The van der Waals surface area contributed by atoms with Crippen LogP contribution in [0.15, 0.2) is 23.3 Å². The molecule has 0 aliphatic carbocycles. The Balaban J connectivity index is 0. The van der Waals surface area contributed by atoms with Crippen LogP contribution in [0.3, 0.4) is 0 Å². The van der Waals surface area contributed by atoms with E-state index in [2.05, 4.69) is 46.8 Å². The molecule has 0 aromatic heterocycles. The van der Waals surface area contributed by atoms with E-state index in [1.54, 1.807) is 0 Å². The molecule has 1 unspecified atom stereocenters. The van der Waals surface area contributed by atoms with Crippen molar-refractivity contribution in [2.75, 3.05) is 0 Å². The number of hydrogen-bond donors (Lipinski definition) is 0. The Kier molecular flexibility index (Phi) is 11.0. The fourth-order valence-corrected chi connectivity index (χ4v) is 1.29. The Morgan fingerprint density at radius 1 is 1.15 bits per heavy atom. The smallest absolute Gasteiger partial charge is 0.0194 e. The minimum atomic E-state index is 0.705.